The van der Waals surface area contributed by atoms with Crippen molar-refractivity contribution in [2.75, 3.05) is 30.8 Å². The third kappa shape index (κ3) is 3.94. The van der Waals surface area contributed by atoms with Crippen LogP contribution in [0, 0.1) is 0 Å². The lowest BCUT2D eigenvalue weighted by Crippen LogP contribution is -2.32. The zero-order valence-corrected chi connectivity index (χ0v) is 10.2. The summed E-state index contributed by atoms with van der Waals surface area (Å²) in [7, 11) is 1.26. The van der Waals surface area contributed by atoms with E-state index in [4.69, 9.17) is 10.5 Å². The molecule has 0 saturated carbocycles. The SMILES string of the molecule is CCCOc1ncnc(N(C)CC(F)(F)F)c1N. The highest BCUT2D eigenvalue weighted by Gasteiger charge is 2.30. The molecule has 0 spiro atoms. The lowest BCUT2D eigenvalue weighted by molar-refractivity contribution is -0.119. The second-order valence-corrected chi connectivity index (χ2v) is 3.74. The lowest BCUT2D eigenvalue weighted by Gasteiger charge is -2.21. The Balaban J connectivity index is 2.89. The molecule has 18 heavy (non-hydrogen) atoms. The molecule has 0 amide bonds. The highest BCUT2D eigenvalue weighted by molar-refractivity contribution is 5.67. The summed E-state index contributed by atoms with van der Waals surface area (Å²) in [4.78, 5) is 8.44. The third-order valence-corrected chi connectivity index (χ3v) is 2.05. The van der Waals surface area contributed by atoms with Gasteiger partial charge in [-0.3, -0.25) is 0 Å². The zero-order chi connectivity index (χ0) is 13.8. The van der Waals surface area contributed by atoms with Gasteiger partial charge in [-0.2, -0.15) is 18.2 Å². The first-order chi connectivity index (χ1) is 8.35. The Morgan fingerprint density at radius 1 is 1.39 bits per heavy atom. The summed E-state index contributed by atoms with van der Waals surface area (Å²) >= 11 is 0. The molecule has 0 aliphatic rings. The Kier molecular flexibility index (Phi) is 4.57. The fraction of sp³-hybridized carbons (Fsp3) is 0.600. The van der Waals surface area contributed by atoms with Crippen molar-refractivity contribution in [1.29, 1.82) is 0 Å². The molecule has 1 aromatic heterocycles. The predicted molar refractivity (Wildman–Crippen MR) is 61.6 cm³/mol. The fourth-order valence-electron chi connectivity index (χ4n) is 1.33. The van der Waals surface area contributed by atoms with Crippen LogP contribution in [0.3, 0.4) is 0 Å². The minimum absolute atomic E-state index is 0.00780. The highest BCUT2D eigenvalue weighted by Crippen LogP contribution is 2.29. The molecular formula is C10H15F3N4O. The van der Waals surface area contributed by atoms with E-state index in [2.05, 4.69) is 9.97 Å². The van der Waals surface area contributed by atoms with Crippen LogP contribution in [0.25, 0.3) is 0 Å². The van der Waals surface area contributed by atoms with Crippen molar-refractivity contribution in [3.63, 3.8) is 0 Å². The lowest BCUT2D eigenvalue weighted by atomic mass is 10.4. The molecule has 0 bridgehead atoms. The van der Waals surface area contributed by atoms with Gasteiger partial charge < -0.3 is 15.4 Å². The van der Waals surface area contributed by atoms with E-state index in [0.29, 0.717) is 6.61 Å². The molecule has 0 radical (unpaired) electrons. The summed E-state index contributed by atoms with van der Waals surface area (Å²) in [6.45, 7) is 1.15. The van der Waals surface area contributed by atoms with Gasteiger partial charge in [0.15, 0.2) is 5.82 Å². The van der Waals surface area contributed by atoms with E-state index in [1.165, 1.54) is 7.05 Å². The first-order valence-corrected chi connectivity index (χ1v) is 5.36. The summed E-state index contributed by atoms with van der Waals surface area (Å²) in [6, 6.07) is 0. The van der Waals surface area contributed by atoms with E-state index in [1.54, 1.807) is 0 Å². The molecule has 0 aliphatic carbocycles. The van der Waals surface area contributed by atoms with Gasteiger partial charge in [-0.25, -0.2) is 4.98 Å². The van der Waals surface area contributed by atoms with Crippen LogP contribution in [0.4, 0.5) is 24.7 Å². The third-order valence-electron chi connectivity index (χ3n) is 2.05. The molecule has 8 heteroatoms. The Morgan fingerprint density at radius 2 is 2.06 bits per heavy atom. The molecule has 1 heterocycles. The monoisotopic (exact) mass is 264 g/mol. The van der Waals surface area contributed by atoms with Gasteiger partial charge >= 0.3 is 6.18 Å². The normalized spacial score (nSPS) is 11.4. The smallest absolute Gasteiger partial charge is 0.405 e. The van der Waals surface area contributed by atoms with Gasteiger partial charge in [0.25, 0.3) is 0 Å². The second-order valence-electron chi connectivity index (χ2n) is 3.74. The number of nitrogen functional groups attached to an aromatic ring is 1. The van der Waals surface area contributed by atoms with Crippen LogP contribution >= 0.6 is 0 Å². The summed E-state index contributed by atoms with van der Waals surface area (Å²) in [5.74, 6) is 0.115. The molecular weight excluding hydrogens is 249 g/mol. The number of rotatable bonds is 5. The van der Waals surface area contributed by atoms with Crippen LogP contribution in [0.5, 0.6) is 5.88 Å². The van der Waals surface area contributed by atoms with Crippen LogP contribution in [0.2, 0.25) is 0 Å². The maximum atomic E-state index is 12.3. The fourth-order valence-corrected chi connectivity index (χ4v) is 1.33. The maximum absolute atomic E-state index is 12.3. The number of hydrogen-bond donors (Lipinski definition) is 1. The van der Waals surface area contributed by atoms with E-state index >= 15 is 0 Å². The van der Waals surface area contributed by atoms with Gasteiger partial charge in [0.1, 0.15) is 18.6 Å². The van der Waals surface area contributed by atoms with E-state index < -0.39 is 12.7 Å². The number of nitrogens with zero attached hydrogens (tertiary/aromatic N) is 3. The topological polar surface area (TPSA) is 64.3 Å². The Hall–Kier alpha value is -1.73. The van der Waals surface area contributed by atoms with E-state index in [1.807, 2.05) is 6.92 Å². The maximum Gasteiger partial charge on any atom is 0.405 e. The van der Waals surface area contributed by atoms with Gasteiger partial charge in [-0.05, 0) is 6.42 Å². The molecule has 1 rings (SSSR count). The molecule has 102 valence electrons. The Labute approximate surface area is 103 Å². The molecule has 0 atom stereocenters. The van der Waals surface area contributed by atoms with E-state index in [0.717, 1.165) is 17.6 Å². The van der Waals surface area contributed by atoms with Gasteiger partial charge in [-0.15, -0.1) is 0 Å². The standard InChI is InChI=1S/C10H15F3N4O/c1-3-4-18-9-7(14)8(15-6-16-9)17(2)5-10(11,12)13/h6H,3-5,14H2,1-2H3. The molecule has 0 aliphatic heterocycles. The van der Waals surface area contributed by atoms with Crippen molar-refractivity contribution >= 4 is 11.5 Å². The van der Waals surface area contributed by atoms with Gasteiger partial charge in [0.2, 0.25) is 5.88 Å². The molecule has 0 unspecified atom stereocenters. The summed E-state index contributed by atoms with van der Waals surface area (Å²) in [5, 5.41) is 0. The first-order valence-electron chi connectivity index (χ1n) is 5.36. The first kappa shape index (κ1) is 14.3. The van der Waals surface area contributed by atoms with Crippen LogP contribution in [-0.2, 0) is 0 Å². The van der Waals surface area contributed by atoms with Gasteiger partial charge in [-0.1, -0.05) is 6.92 Å². The average Bonchev–Trinajstić information content (AvgIpc) is 2.25. The Bertz CT molecular complexity index is 397. The van der Waals surface area contributed by atoms with Crippen molar-refractivity contribution in [3.8, 4) is 5.88 Å². The predicted octanol–water partition coefficient (Wildman–Crippen LogP) is 1.85. The van der Waals surface area contributed by atoms with Crippen molar-refractivity contribution in [2.24, 2.45) is 0 Å². The molecule has 5 nitrogen and oxygen atoms in total. The van der Waals surface area contributed by atoms with Crippen LogP contribution in [-0.4, -0.2) is 36.3 Å². The number of nitrogens with two attached hydrogens (primary N) is 1. The molecule has 0 fully saturated rings. The van der Waals surface area contributed by atoms with Crippen molar-refractivity contribution in [3.05, 3.63) is 6.33 Å². The number of alkyl halides is 3. The number of halogens is 3. The quantitative estimate of drug-likeness (QED) is 0.879. The van der Waals surface area contributed by atoms with Crippen LogP contribution < -0.4 is 15.4 Å². The minimum Gasteiger partial charge on any atom is -0.476 e. The second kappa shape index (κ2) is 5.74. The molecule has 1 aromatic rings. The number of hydrogen-bond acceptors (Lipinski definition) is 5. The average molecular weight is 264 g/mol. The summed E-state index contributed by atoms with van der Waals surface area (Å²) < 4.78 is 42.0. The minimum atomic E-state index is -4.32. The van der Waals surface area contributed by atoms with Crippen LogP contribution in [0.1, 0.15) is 13.3 Å². The van der Waals surface area contributed by atoms with E-state index in [9.17, 15) is 13.2 Å². The molecule has 0 aromatic carbocycles. The van der Waals surface area contributed by atoms with Gasteiger partial charge in [0, 0.05) is 7.05 Å². The number of anilines is 2. The van der Waals surface area contributed by atoms with Crippen molar-refractivity contribution < 1.29 is 17.9 Å². The molecule has 2 N–H and O–H groups in total. The van der Waals surface area contributed by atoms with Crippen LogP contribution in [0.15, 0.2) is 6.33 Å². The largest absolute Gasteiger partial charge is 0.476 e. The van der Waals surface area contributed by atoms with Crippen molar-refractivity contribution in [2.45, 2.75) is 19.5 Å². The summed E-state index contributed by atoms with van der Waals surface area (Å²) in [5.41, 5.74) is 5.70. The number of aromatic nitrogens is 2. The summed E-state index contributed by atoms with van der Waals surface area (Å²) in [6.07, 6.45) is -2.45. The van der Waals surface area contributed by atoms with Gasteiger partial charge in [0.05, 0.1) is 6.61 Å². The van der Waals surface area contributed by atoms with E-state index in [-0.39, 0.29) is 17.4 Å². The molecule has 0 saturated heterocycles. The zero-order valence-electron chi connectivity index (χ0n) is 10.2. The van der Waals surface area contributed by atoms with Crippen molar-refractivity contribution in [1.82, 2.24) is 9.97 Å². The highest BCUT2D eigenvalue weighted by atomic mass is 19.4. The Morgan fingerprint density at radius 3 is 2.61 bits per heavy atom. The number of ether oxygens (including phenoxy) is 1.